The topological polar surface area (TPSA) is 98.7 Å². The van der Waals surface area contributed by atoms with Crippen molar-refractivity contribution in [1.29, 1.82) is 0 Å². The van der Waals surface area contributed by atoms with Crippen molar-refractivity contribution in [1.82, 2.24) is 4.57 Å². The van der Waals surface area contributed by atoms with E-state index in [4.69, 9.17) is 20.8 Å². The fraction of sp³-hybridized carbons (Fsp3) is 0.190. The van der Waals surface area contributed by atoms with Crippen molar-refractivity contribution in [2.75, 3.05) is 0 Å². The number of ether oxygens (including phenoxy) is 1. The minimum Gasteiger partial charge on any atom is -0.478 e. The van der Waals surface area contributed by atoms with Crippen LogP contribution in [-0.2, 0) is 11.8 Å². The van der Waals surface area contributed by atoms with Gasteiger partial charge in [0.15, 0.2) is 0 Å². The van der Waals surface area contributed by atoms with E-state index in [9.17, 15) is 19.5 Å². The molecule has 8 heteroatoms. The number of benzene rings is 1. The Kier molecular flexibility index (Phi) is 4.55. The van der Waals surface area contributed by atoms with E-state index < -0.39 is 17.9 Å². The van der Waals surface area contributed by atoms with Crippen LogP contribution in [0.15, 0.2) is 45.6 Å². The molecule has 0 bridgehead atoms. The number of rotatable bonds is 3. The van der Waals surface area contributed by atoms with E-state index in [-0.39, 0.29) is 23.3 Å². The Labute approximate surface area is 170 Å². The molecule has 0 saturated heterocycles. The number of aryl methyl sites for hydroxylation is 1. The van der Waals surface area contributed by atoms with Gasteiger partial charge in [-0.1, -0.05) is 11.6 Å². The van der Waals surface area contributed by atoms with Gasteiger partial charge in [-0.05, 0) is 37.3 Å². The summed E-state index contributed by atoms with van der Waals surface area (Å²) in [6, 6.07) is 9.24. The number of carbonyl (C=O) groups is 2. The highest BCUT2D eigenvalue weighted by atomic mass is 35.5. The summed E-state index contributed by atoms with van der Waals surface area (Å²) < 4.78 is 12.7. The smallest absolute Gasteiger partial charge is 0.335 e. The number of halogens is 1. The SMILES string of the molecule is Cc1cc2c(c(=O)n1C)[C@@H](c1ccc(-c3cc(C(=O)O)ccc3Cl)o1)CC(=O)O2. The molecule has 0 fully saturated rings. The molecule has 1 aliphatic rings. The van der Waals surface area contributed by atoms with Crippen molar-refractivity contribution in [2.24, 2.45) is 7.05 Å². The standard InChI is InChI=1S/C21H16ClNO6/c1-10-7-17-19(20(25)23(10)2)13(9-18(24)29-17)16-6-5-15(28-16)12-8-11(21(26)27)3-4-14(12)22/h3-8,13H,9H2,1-2H3,(H,26,27)/t13-/m1/s1. The molecule has 1 aliphatic heterocycles. The van der Waals surface area contributed by atoms with Crippen molar-refractivity contribution in [3.05, 3.63) is 74.4 Å². The Bertz CT molecular complexity index is 1220. The highest BCUT2D eigenvalue weighted by Crippen LogP contribution is 2.39. The molecule has 2 aromatic heterocycles. The third-order valence-corrected chi connectivity index (χ3v) is 5.39. The van der Waals surface area contributed by atoms with Gasteiger partial charge in [0.25, 0.3) is 5.56 Å². The lowest BCUT2D eigenvalue weighted by atomic mass is 9.91. The first kappa shape index (κ1) is 19.0. The number of furan rings is 1. The molecule has 29 heavy (non-hydrogen) atoms. The van der Waals surface area contributed by atoms with Crippen molar-refractivity contribution in [3.8, 4) is 17.1 Å². The Balaban J connectivity index is 1.82. The van der Waals surface area contributed by atoms with Gasteiger partial charge in [0.05, 0.1) is 28.5 Å². The predicted octanol–water partition coefficient (Wildman–Crippen LogP) is 3.75. The average Bonchev–Trinajstić information content (AvgIpc) is 3.15. The molecule has 1 atom stereocenters. The van der Waals surface area contributed by atoms with E-state index in [1.165, 1.54) is 22.8 Å². The summed E-state index contributed by atoms with van der Waals surface area (Å²) in [5.74, 6) is -1.18. The van der Waals surface area contributed by atoms with E-state index in [1.807, 2.05) is 0 Å². The van der Waals surface area contributed by atoms with Crippen molar-refractivity contribution in [3.63, 3.8) is 0 Å². The van der Waals surface area contributed by atoms with Gasteiger partial charge in [0, 0.05) is 24.4 Å². The van der Waals surface area contributed by atoms with Crippen LogP contribution in [0.5, 0.6) is 5.75 Å². The lowest BCUT2D eigenvalue weighted by Crippen LogP contribution is -2.31. The molecule has 0 aliphatic carbocycles. The zero-order valence-corrected chi connectivity index (χ0v) is 16.3. The zero-order chi connectivity index (χ0) is 20.9. The van der Waals surface area contributed by atoms with E-state index in [2.05, 4.69) is 0 Å². The van der Waals surface area contributed by atoms with Gasteiger partial charge in [0.1, 0.15) is 17.3 Å². The molecule has 0 amide bonds. The number of esters is 1. The van der Waals surface area contributed by atoms with Gasteiger partial charge < -0.3 is 18.8 Å². The number of aromatic nitrogens is 1. The maximum atomic E-state index is 12.8. The quantitative estimate of drug-likeness (QED) is 0.656. The molecule has 3 aromatic rings. The minimum atomic E-state index is -1.09. The van der Waals surface area contributed by atoms with Crippen molar-refractivity contribution in [2.45, 2.75) is 19.3 Å². The summed E-state index contributed by atoms with van der Waals surface area (Å²) >= 11 is 6.22. The molecule has 148 valence electrons. The first-order valence-corrected chi connectivity index (χ1v) is 9.18. The van der Waals surface area contributed by atoms with Gasteiger partial charge in [-0.3, -0.25) is 9.59 Å². The van der Waals surface area contributed by atoms with Crippen LogP contribution in [0.3, 0.4) is 0 Å². The monoisotopic (exact) mass is 413 g/mol. The number of pyridine rings is 1. The maximum absolute atomic E-state index is 12.8. The molecule has 0 spiro atoms. The minimum absolute atomic E-state index is 0.0405. The van der Waals surface area contributed by atoms with Gasteiger partial charge >= 0.3 is 11.9 Å². The maximum Gasteiger partial charge on any atom is 0.335 e. The summed E-state index contributed by atoms with van der Waals surface area (Å²) in [5.41, 5.74) is 1.23. The summed E-state index contributed by atoms with van der Waals surface area (Å²) in [5, 5.41) is 9.54. The largest absolute Gasteiger partial charge is 0.478 e. The highest BCUT2D eigenvalue weighted by molar-refractivity contribution is 6.33. The molecule has 0 saturated carbocycles. The number of aromatic carboxylic acids is 1. The average molecular weight is 414 g/mol. The van der Waals surface area contributed by atoms with Crippen LogP contribution in [0.1, 0.15) is 39.7 Å². The normalized spacial score (nSPS) is 15.7. The van der Waals surface area contributed by atoms with E-state index in [1.54, 1.807) is 32.2 Å². The van der Waals surface area contributed by atoms with E-state index >= 15 is 0 Å². The number of carboxylic acid groups (broad SMARTS) is 1. The molecule has 1 N–H and O–H groups in total. The second-order valence-corrected chi connectivity index (χ2v) is 7.27. The number of carboxylic acids is 1. The van der Waals surface area contributed by atoms with Crippen LogP contribution in [-0.4, -0.2) is 21.6 Å². The second-order valence-electron chi connectivity index (χ2n) is 6.86. The summed E-state index contributed by atoms with van der Waals surface area (Å²) in [6.45, 7) is 1.75. The van der Waals surface area contributed by atoms with Gasteiger partial charge in [0.2, 0.25) is 0 Å². The first-order valence-electron chi connectivity index (χ1n) is 8.80. The lowest BCUT2D eigenvalue weighted by Gasteiger charge is -2.23. The van der Waals surface area contributed by atoms with Crippen molar-refractivity contribution < 1.29 is 23.8 Å². The zero-order valence-electron chi connectivity index (χ0n) is 15.6. The number of fused-ring (bicyclic) bond motifs is 1. The van der Waals surface area contributed by atoms with Gasteiger partial charge in [-0.25, -0.2) is 4.79 Å². The van der Waals surface area contributed by atoms with Crippen LogP contribution in [0, 0.1) is 6.92 Å². The third kappa shape index (κ3) is 3.23. The summed E-state index contributed by atoms with van der Waals surface area (Å²) in [7, 11) is 1.65. The third-order valence-electron chi connectivity index (χ3n) is 5.06. The Morgan fingerprint density at radius 2 is 1.97 bits per heavy atom. The molecule has 0 unspecified atom stereocenters. The Morgan fingerprint density at radius 3 is 2.69 bits per heavy atom. The number of carbonyl (C=O) groups excluding carboxylic acids is 1. The van der Waals surface area contributed by atoms with Crippen LogP contribution < -0.4 is 10.3 Å². The molecule has 1 aromatic carbocycles. The van der Waals surface area contributed by atoms with Gasteiger partial charge in [-0.15, -0.1) is 0 Å². The van der Waals surface area contributed by atoms with E-state index in [0.29, 0.717) is 33.4 Å². The first-order chi connectivity index (χ1) is 13.8. The fourth-order valence-corrected chi connectivity index (χ4v) is 3.63. The number of hydrogen-bond acceptors (Lipinski definition) is 5. The number of hydrogen-bond donors (Lipinski definition) is 1. The van der Waals surface area contributed by atoms with Crippen LogP contribution in [0.2, 0.25) is 5.02 Å². The Morgan fingerprint density at radius 1 is 1.21 bits per heavy atom. The lowest BCUT2D eigenvalue weighted by molar-refractivity contribution is -0.135. The molecule has 4 rings (SSSR count). The van der Waals surface area contributed by atoms with Crippen LogP contribution in [0.4, 0.5) is 0 Å². The fourth-order valence-electron chi connectivity index (χ4n) is 3.42. The predicted molar refractivity (Wildman–Crippen MR) is 105 cm³/mol. The summed E-state index contributed by atoms with van der Waals surface area (Å²) in [6.07, 6.45) is -0.0405. The molecule has 3 heterocycles. The molecule has 7 nitrogen and oxygen atoms in total. The second kappa shape index (κ2) is 6.93. The molecular weight excluding hydrogens is 398 g/mol. The highest BCUT2D eigenvalue weighted by Gasteiger charge is 2.34. The van der Waals surface area contributed by atoms with Crippen molar-refractivity contribution >= 4 is 23.5 Å². The van der Waals surface area contributed by atoms with E-state index in [0.717, 1.165) is 0 Å². The molecule has 0 radical (unpaired) electrons. The number of nitrogens with zero attached hydrogens (tertiary/aromatic N) is 1. The van der Waals surface area contributed by atoms with Gasteiger partial charge in [-0.2, -0.15) is 0 Å². The summed E-state index contributed by atoms with van der Waals surface area (Å²) in [4.78, 5) is 36.2. The van der Waals surface area contributed by atoms with Crippen LogP contribution >= 0.6 is 11.6 Å². The molecular formula is C21H16ClNO6. The Hall–Kier alpha value is -3.32. The van der Waals surface area contributed by atoms with Crippen LogP contribution in [0.25, 0.3) is 11.3 Å².